The van der Waals surface area contributed by atoms with Crippen LogP contribution in [0.3, 0.4) is 0 Å². The summed E-state index contributed by atoms with van der Waals surface area (Å²) in [5, 5.41) is 11.8. The second kappa shape index (κ2) is 2.57. The number of azo groups is 1. The molecule has 2 aliphatic rings. The van der Waals surface area contributed by atoms with Crippen LogP contribution in [0, 0.1) is 0 Å². The Balaban J connectivity index is 2.65. The summed E-state index contributed by atoms with van der Waals surface area (Å²) >= 11 is 0. The Morgan fingerprint density at radius 3 is 2.92 bits per heavy atom. The summed E-state index contributed by atoms with van der Waals surface area (Å²) in [6.45, 7) is 0.356. The van der Waals surface area contributed by atoms with Crippen molar-refractivity contribution < 1.29 is 8.42 Å². The van der Waals surface area contributed by atoms with Gasteiger partial charge in [0.25, 0.3) is 10.0 Å². The number of fused-ring (bicyclic) bond motifs is 1. The van der Waals surface area contributed by atoms with E-state index in [0.717, 1.165) is 5.57 Å². The molecule has 0 saturated heterocycles. The van der Waals surface area contributed by atoms with Gasteiger partial charge in [-0.05, 0) is 6.08 Å². The molecule has 0 unspecified atom stereocenters. The van der Waals surface area contributed by atoms with Gasteiger partial charge in [-0.15, -0.1) is 5.11 Å². The summed E-state index contributed by atoms with van der Waals surface area (Å²) < 4.78 is 22.0. The van der Waals surface area contributed by atoms with Gasteiger partial charge in [0.05, 0.1) is 6.54 Å². The number of allylic oxidation sites excluding steroid dienone is 1. The fourth-order valence-corrected chi connectivity index (χ4v) is 1.72. The van der Waals surface area contributed by atoms with E-state index in [-0.39, 0.29) is 5.03 Å². The molecule has 0 amide bonds. The first-order valence-electron chi connectivity index (χ1n) is 3.47. The van der Waals surface area contributed by atoms with Gasteiger partial charge in [-0.1, -0.05) is 0 Å². The third kappa shape index (κ3) is 1.31. The minimum Gasteiger partial charge on any atom is -0.253 e. The minimum atomic E-state index is -3.82. The summed E-state index contributed by atoms with van der Waals surface area (Å²) in [5.74, 6) is 0. The normalized spacial score (nSPS) is 20.5. The van der Waals surface area contributed by atoms with Crippen LogP contribution in [0.15, 0.2) is 37.6 Å². The summed E-state index contributed by atoms with van der Waals surface area (Å²) in [7, 11) is -3.82. The highest BCUT2D eigenvalue weighted by Gasteiger charge is 2.25. The minimum absolute atomic E-state index is 0.251. The Labute approximate surface area is 74.6 Å². The van der Waals surface area contributed by atoms with E-state index in [9.17, 15) is 8.42 Å². The lowest BCUT2D eigenvalue weighted by molar-refractivity contribution is 0.601. The van der Waals surface area contributed by atoms with E-state index in [4.69, 9.17) is 5.14 Å². The Kier molecular flexibility index (Phi) is 1.64. The predicted octanol–water partition coefficient (Wildman–Crippen LogP) is -0.0794. The van der Waals surface area contributed by atoms with Crippen LogP contribution in [-0.4, -0.2) is 21.2 Å². The molecule has 0 aliphatic carbocycles. The van der Waals surface area contributed by atoms with E-state index in [2.05, 4.69) is 15.2 Å². The van der Waals surface area contributed by atoms with Crippen molar-refractivity contribution in [3.05, 3.63) is 22.4 Å². The van der Waals surface area contributed by atoms with Gasteiger partial charge < -0.3 is 0 Å². The molecule has 2 rings (SSSR count). The van der Waals surface area contributed by atoms with Crippen molar-refractivity contribution in [1.82, 2.24) is 0 Å². The number of hydrogen-bond acceptors (Lipinski definition) is 5. The van der Waals surface area contributed by atoms with Gasteiger partial charge in [0.15, 0.2) is 0 Å². The van der Waals surface area contributed by atoms with Gasteiger partial charge in [0.2, 0.25) is 5.03 Å². The maximum Gasteiger partial charge on any atom is 0.259 e. The zero-order valence-electron chi connectivity index (χ0n) is 6.51. The highest BCUT2D eigenvalue weighted by atomic mass is 32.2. The molecule has 2 aliphatic heterocycles. The molecule has 0 aromatic rings. The number of nitrogens with two attached hydrogens (primary N) is 1. The van der Waals surface area contributed by atoms with Crippen LogP contribution in [0.4, 0.5) is 0 Å². The molecular formula is C6H6N4O2S. The van der Waals surface area contributed by atoms with E-state index in [1.807, 2.05) is 0 Å². The molecule has 0 radical (unpaired) electrons. The lowest BCUT2D eigenvalue weighted by Gasteiger charge is -2.08. The maximum absolute atomic E-state index is 11.0. The monoisotopic (exact) mass is 198 g/mol. The molecule has 13 heavy (non-hydrogen) atoms. The fourth-order valence-electron chi connectivity index (χ4n) is 1.10. The number of sulfonamides is 1. The number of primary sulfonamides is 1. The van der Waals surface area contributed by atoms with Crippen molar-refractivity contribution in [2.45, 2.75) is 0 Å². The third-order valence-electron chi connectivity index (χ3n) is 1.66. The van der Waals surface area contributed by atoms with Gasteiger partial charge >= 0.3 is 0 Å². The van der Waals surface area contributed by atoms with Crippen molar-refractivity contribution in [2.24, 2.45) is 20.4 Å². The first-order chi connectivity index (χ1) is 6.09. The van der Waals surface area contributed by atoms with Gasteiger partial charge in [0.1, 0.15) is 5.70 Å². The lowest BCUT2D eigenvalue weighted by atomic mass is 10.2. The molecule has 2 N–H and O–H groups in total. The lowest BCUT2D eigenvalue weighted by Crippen LogP contribution is -2.17. The van der Waals surface area contributed by atoms with Crippen LogP contribution in [0.5, 0.6) is 0 Å². The molecule has 2 heterocycles. The van der Waals surface area contributed by atoms with E-state index < -0.39 is 10.0 Å². The molecule has 0 saturated carbocycles. The number of nitrogens with zero attached hydrogens (tertiary/aromatic N) is 3. The molecule has 7 heteroatoms. The topological polar surface area (TPSA) is 97.2 Å². The smallest absolute Gasteiger partial charge is 0.253 e. The van der Waals surface area contributed by atoms with E-state index in [1.54, 1.807) is 6.08 Å². The maximum atomic E-state index is 11.0. The first kappa shape index (κ1) is 8.27. The molecule has 0 atom stereocenters. The Hall–Kier alpha value is -1.34. The first-order valence-corrected chi connectivity index (χ1v) is 5.02. The third-order valence-corrected chi connectivity index (χ3v) is 2.47. The fraction of sp³-hybridized carbons (Fsp3) is 0.167. The Bertz CT molecular complexity index is 469. The zero-order chi connectivity index (χ0) is 9.47. The van der Waals surface area contributed by atoms with Crippen molar-refractivity contribution in [3.63, 3.8) is 0 Å². The Morgan fingerprint density at radius 1 is 1.46 bits per heavy atom. The highest BCUT2D eigenvalue weighted by molar-refractivity contribution is 7.93. The molecule has 0 spiro atoms. The number of rotatable bonds is 1. The standard InChI is InChI=1S/C6H6N4O2S/c7-13(11,12)6-5-4(1-2-8-5)3-9-10-6/h1-2H,3H2,(H2,7,11,12). The summed E-state index contributed by atoms with van der Waals surface area (Å²) in [4.78, 5) is 3.85. The average molecular weight is 198 g/mol. The van der Waals surface area contributed by atoms with Gasteiger partial charge in [-0.2, -0.15) is 5.11 Å². The molecule has 0 fully saturated rings. The van der Waals surface area contributed by atoms with Crippen LogP contribution < -0.4 is 5.14 Å². The SMILES string of the molecule is NS(=O)(=O)C1=C2N=CC=C2CN=N1. The van der Waals surface area contributed by atoms with Gasteiger partial charge in [0, 0.05) is 11.8 Å². The summed E-state index contributed by atoms with van der Waals surface area (Å²) in [6, 6.07) is 0. The summed E-state index contributed by atoms with van der Waals surface area (Å²) in [6.07, 6.45) is 3.20. The van der Waals surface area contributed by atoms with Crippen molar-refractivity contribution in [1.29, 1.82) is 0 Å². The Morgan fingerprint density at radius 2 is 2.23 bits per heavy atom. The van der Waals surface area contributed by atoms with E-state index in [0.29, 0.717) is 12.2 Å². The van der Waals surface area contributed by atoms with Crippen LogP contribution in [0.25, 0.3) is 0 Å². The van der Waals surface area contributed by atoms with E-state index >= 15 is 0 Å². The van der Waals surface area contributed by atoms with Crippen LogP contribution in [0.2, 0.25) is 0 Å². The van der Waals surface area contributed by atoms with Gasteiger partial charge in [-0.25, -0.2) is 13.6 Å². The van der Waals surface area contributed by atoms with Crippen LogP contribution >= 0.6 is 0 Å². The number of aliphatic imine (C=N–C) groups is 1. The quantitative estimate of drug-likeness (QED) is 0.637. The second-order valence-corrected chi connectivity index (χ2v) is 4.05. The van der Waals surface area contributed by atoms with Crippen LogP contribution in [0.1, 0.15) is 0 Å². The van der Waals surface area contributed by atoms with Crippen LogP contribution in [-0.2, 0) is 10.0 Å². The molecule has 0 aromatic carbocycles. The highest BCUT2D eigenvalue weighted by Crippen LogP contribution is 2.27. The predicted molar refractivity (Wildman–Crippen MR) is 46.4 cm³/mol. The summed E-state index contributed by atoms with van der Waals surface area (Å²) in [5.41, 5.74) is 1.05. The largest absolute Gasteiger partial charge is 0.259 e. The molecule has 6 nitrogen and oxygen atoms in total. The molecule has 0 aromatic heterocycles. The van der Waals surface area contributed by atoms with E-state index in [1.165, 1.54) is 6.21 Å². The average Bonchev–Trinajstić information content (AvgIpc) is 2.48. The molecular weight excluding hydrogens is 192 g/mol. The number of hydrogen-bond donors (Lipinski definition) is 1. The molecule has 68 valence electrons. The van der Waals surface area contributed by atoms with Crippen molar-refractivity contribution in [3.8, 4) is 0 Å². The molecule has 0 bridgehead atoms. The second-order valence-electron chi connectivity index (χ2n) is 2.57. The van der Waals surface area contributed by atoms with Crippen molar-refractivity contribution in [2.75, 3.05) is 6.54 Å². The zero-order valence-corrected chi connectivity index (χ0v) is 7.32. The van der Waals surface area contributed by atoms with Crippen molar-refractivity contribution >= 4 is 16.2 Å². The van der Waals surface area contributed by atoms with Gasteiger partial charge in [-0.3, -0.25) is 4.99 Å².